The van der Waals surface area contributed by atoms with Crippen molar-refractivity contribution in [1.29, 1.82) is 0 Å². The molecule has 2 N–H and O–H groups in total. The molecule has 0 amide bonds. The third-order valence-corrected chi connectivity index (χ3v) is 7.14. The number of aliphatic carboxylic acids is 1. The maximum atomic E-state index is 11.7. The van der Waals surface area contributed by atoms with Gasteiger partial charge in [0.05, 0.1) is 29.3 Å². The van der Waals surface area contributed by atoms with E-state index in [1.165, 1.54) is 7.11 Å². The predicted molar refractivity (Wildman–Crippen MR) is 161 cm³/mol. The molecule has 0 spiro atoms. The van der Waals surface area contributed by atoms with Crippen LogP contribution in [-0.2, 0) is 11.2 Å². The van der Waals surface area contributed by atoms with Crippen LogP contribution in [-0.4, -0.2) is 43.8 Å². The molecule has 0 aliphatic heterocycles. The van der Waals surface area contributed by atoms with Crippen LogP contribution >= 0.6 is 22.9 Å². The lowest BCUT2D eigenvalue weighted by Crippen LogP contribution is -2.10. The number of halogens is 1. The molecule has 9 heteroatoms. The number of aryl methyl sites for hydroxylation is 1. The first-order chi connectivity index (χ1) is 18.9. The van der Waals surface area contributed by atoms with Crippen LogP contribution < -0.4 is 4.74 Å². The minimum Gasteiger partial charge on any atom is -0.481 e. The van der Waals surface area contributed by atoms with Crippen LogP contribution in [0, 0.1) is 6.92 Å². The van der Waals surface area contributed by atoms with E-state index >= 15 is 0 Å². The van der Waals surface area contributed by atoms with Crippen molar-refractivity contribution >= 4 is 39.1 Å². The second-order valence-corrected chi connectivity index (χ2v) is 11.6. The van der Waals surface area contributed by atoms with Gasteiger partial charge in [-0.3, -0.25) is 4.79 Å². The van der Waals surface area contributed by atoms with Gasteiger partial charge < -0.3 is 14.9 Å². The maximum Gasteiger partial charge on any atom is 0.316 e. The van der Waals surface area contributed by atoms with Gasteiger partial charge in [-0.2, -0.15) is 0 Å². The molecule has 0 saturated carbocycles. The first-order valence-electron chi connectivity index (χ1n) is 12.5. The molecule has 3 aromatic carbocycles. The van der Waals surface area contributed by atoms with Gasteiger partial charge in [0.25, 0.3) is 0 Å². The number of carboxylic acids is 1. The summed E-state index contributed by atoms with van der Waals surface area (Å²) in [5.41, 5.74) is 6.70. The number of fused-ring (bicyclic) bond motifs is 1. The molecule has 0 radical (unpaired) electrons. The lowest BCUT2D eigenvalue weighted by atomic mass is 9.93. The number of thiazole rings is 1. The Morgan fingerprint density at radius 3 is 2.05 bits per heavy atom. The number of carboxylic acid groups (broad SMARTS) is 1. The van der Waals surface area contributed by atoms with Gasteiger partial charge in [-0.05, 0) is 68.1 Å². The molecule has 0 aliphatic carbocycles. The predicted octanol–water partition coefficient (Wildman–Crippen LogP) is 7.46. The fourth-order valence-corrected chi connectivity index (χ4v) is 5.31. The van der Waals surface area contributed by atoms with E-state index in [1.54, 1.807) is 44.5 Å². The van der Waals surface area contributed by atoms with Crippen LogP contribution in [0.4, 0.5) is 0 Å². The van der Waals surface area contributed by atoms with Gasteiger partial charge >= 0.3 is 12.0 Å². The summed E-state index contributed by atoms with van der Waals surface area (Å²) in [4.78, 5) is 24.9. The number of carbonyl (C=O) groups is 1. The van der Waals surface area contributed by atoms with Crippen molar-refractivity contribution in [2.45, 2.75) is 39.7 Å². The molecule has 0 atom stereocenters. The summed E-state index contributed by atoms with van der Waals surface area (Å²) in [5.74, 6) is -0.870. The third-order valence-electron chi connectivity index (χ3n) is 5.75. The summed E-state index contributed by atoms with van der Waals surface area (Å²) >= 11 is 7.67. The van der Waals surface area contributed by atoms with Crippen LogP contribution in [0.15, 0.2) is 67.0 Å². The maximum absolute atomic E-state index is 11.7. The second-order valence-electron chi connectivity index (χ2n) is 10.2. The van der Waals surface area contributed by atoms with Gasteiger partial charge in [0, 0.05) is 34.1 Å². The fourth-order valence-electron chi connectivity index (χ4n) is 4.04. The third kappa shape index (κ3) is 7.21. The summed E-state index contributed by atoms with van der Waals surface area (Å²) in [5, 5.41) is 19.6. The largest absolute Gasteiger partial charge is 0.481 e. The Morgan fingerprint density at radius 1 is 0.950 bits per heavy atom. The molecule has 5 rings (SSSR count). The number of hydrogen-bond acceptors (Lipinski definition) is 7. The smallest absolute Gasteiger partial charge is 0.316 e. The molecule has 0 aliphatic rings. The summed E-state index contributed by atoms with van der Waals surface area (Å²) in [6, 6.07) is 17.8. The highest BCUT2D eigenvalue weighted by Gasteiger charge is 2.19. The molecule has 0 fully saturated rings. The number of aliphatic hydroxyl groups is 1. The molecule has 206 valence electrons. The van der Waals surface area contributed by atoms with Crippen molar-refractivity contribution in [1.82, 2.24) is 15.0 Å². The number of benzene rings is 3. The zero-order valence-electron chi connectivity index (χ0n) is 22.9. The lowest BCUT2D eigenvalue weighted by Gasteiger charge is -2.13. The van der Waals surface area contributed by atoms with E-state index < -0.39 is 11.6 Å². The molecule has 2 heterocycles. The second kappa shape index (κ2) is 12.1. The Hall–Kier alpha value is -3.85. The number of hydrogen-bond donors (Lipinski definition) is 2. The van der Waals surface area contributed by atoms with Crippen molar-refractivity contribution in [3.63, 3.8) is 0 Å². The fraction of sp³-hybridized carbons (Fsp3) is 0.226. The average Bonchev–Trinajstić information content (AvgIpc) is 3.32. The highest BCUT2D eigenvalue weighted by Crippen LogP contribution is 2.41. The van der Waals surface area contributed by atoms with E-state index in [4.69, 9.17) is 26.4 Å². The van der Waals surface area contributed by atoms with Crippen molar-refractivity contribution in [3.8, 4) is 38.8 Å². The molecular weight excluding hydrogens is 546 g/mol. The Labute approximate surface area is 242 Å². The highest BCUT2D eigenvalue weighted by atomic mass is 35.5. The standard InChI is InChI=1S/C27H20ClN3O3S.C4H10O/c1-15-11-22-25(24(21(15)12-23(32)33)17-7-9-20(28)10-8-17)35-26(31-22)18-5-3-16(4-6-18)19-13-29-27(34-2)30-14-19;1-4(2,3)5/h3-11,13-14H,12H2,1-2H3,(H,32,33);5H,1-3H3. The van der Waals surface area contributed by atoms with E-state index in [0.29, 0.717) is 11.0 Å². The highest BCUT2D eigenvalue weighted by molar-refractivity contribution is 7.22. The van der Waals surface area contributed by atoms with Crippen LogP contribution in [0.5, 0.6) is 6.01 Å². The minimum absolute atomic E-state index is 0.0639. The van der Waals surface area contributed by atoms with Gasteiger partial charge in [0.2, 0.25) is 0 Å². The number of nitrogens with zero attached hydrogens (tertiary/aromatic N) is 3. The van der Waals surface area contributed by atoms with Crippen LogP contribution in [0.2, 0.25) is 5.02 Å². The molecule has 2 aromatic heterocycles. The van der Waals surface area contributed by atoms with Crippen LogP contribution in [0.25, 0.3) is 43.0 Å². The van der Waals surface area contributed by atoms with E-state index in [9.17, 15) is 9.90 Å². The summed E-state index contributed by atoms with van der Waals surface area (Å²) in [6.45, 7) is 7.16. The molecule has 0 saturated heterocycles. The minimum atomic E-state index is -0.870. The van der Waals surface area contributed by atoms with Gasteiger partial charge in [-0.1, -0.05) is 48.0 Å². The summed E-state index contributed by atoms with van der Waals surface area (Å²) < 4.78 is 5.98. The van der Waals surface area contributed by atoms with Crippen molar-refractivity contribution in [2.75, 3.05) is 7.11 Å². The normalized spacial score (nSPS) is 11.2. The monoisotopic (exact) mass is 575 g/mol. The van der Waals surface area contributed by atoms with Crippen molar-refractivity contribution in [2.24, 2.45) is 0 Å². The Morgan fingerprint density at radius 2 is 1.50 bits per heavy atom. The first-order valence-corrected chi connectivity index (χ1v) is 13.7. The van der Waals surface area contributed by atoms with Crippen LogP contribution in [0.1, 0.15) is 31.9 Å². The number of ether oxygens (including phenoxy) is 1. The van der Waals surface area contributed by atoms with Crippen molar-refractivity contribution in [3.05, 3.63) is 83.1 Å². The summed E-state index contributed by atoms with van der Waals surface area (Å²) in [6.07, 6.45) is 3.39. The molecule has 0 unspecified atom stereocenters. The Balaban J connectivity index is 0.000000681. The molecule has 40 heavy (non-hydrogen) atoms. The Bertz CT molecular complexity index is 1620. The average molecular weight is 576 g/mol. The van der Waals surface area contributed by atoms with Crippen molar-refractivity contribution < 1.29 is 19.7 Å². The first kappa shape index (κ1) is 29.1. The van der Waals surface area contributed by atoms with Gasteiger partial charge in [0.1, 0.15) is 5.01 Å². The van der Waals surface area contributed by atoms with Gasteiger partial charge in [-0.15, -0.1) is 11.3 Å². The molecule has 7 nitrogen and oxygen atoms in total. The van der Waals surface area contributed by atoms with E-state index in [2.05, 4.69) is 9.97 Å². The molecule has 0 bridgehead atoms. The van der Waals surface area contributed by atoms with E-state index in [1.807, 2.05) is 61.5 Å². The van der Waals surface area contributed by atoms with E-state index in [0.717, 1.165) is 54.2 Å². The van der Waals surface area contributed by atoms with Gasteiger partial charge in [-0.25, -0.2) is 15.0 Å². The lowest BCUT2D eigenvalue weighted by molar-refractivity contribution is -0.136. The number of aromatic nitrogens is 3. The quantitative estimate of drug-likeness (QED) is 0.216. The zero-order valence-corrected chi connectivity index (χ0v) is 24.5. The summed E-state index contributed by atoms with van der Waals surface area (Å²) in [7, 11) is 1.53. The van der Waals surface area contributed by atoms with E-state index in [-0.39, 0.29) is 6.42 Å². The molecule has 5 aromatic rings. The molecular formula is C31H30ClN3O4S. The van der Waals surface area contributed by atoms with Gasteiger partial charge in [0.15, 0.2) is 0 Å². The zero-order chi connectivity index (χ0) is 29.0. The number of rotatable bonds is 6. The number of methoxy groups -OCH3 is 1. The van der Waals surface area contributed by atoms with Crippen LogP contribution in [0.3, 0.4) is 0 Å². The topological polar surface area (TPSA) is 105 Å². The Kier molecular flexibility index (Phi) is 8.83. The SMILES string of the molecule is CC(C)(C)O.COc1ncc(-c2ccc(-c3nc4cc(C)c(CC(=O)O)c(-c5ccc(Cl)cc5)c4s3)cc2)cn1.